The number of carbonyl (C=O) groups excluding carboxylic acids is 1. The van der Waals surface area contributed by atoms with Crippen LogP contribution in [-0.2, 0) is 4.79 Å². The molecule has 2 amide bonds. The fourth-order valence-corrected chi connectivity index (χ4v) is 3.04. The van der Waals surface area contributed by atoms with Gasteiger partial charge in [-0.15, -0.1) is 0 Å². The van der Waals surface area contributed by atoms with Gasteiger partial charge in [-0.2, -0.15) is 0 Å². The van der Waals surface area contributed by atoms with Crippen LogP contribution in [0.4, 0.5) is 4.79 Å². The van der Waals surface area contributed by atoms with Crippen LogP contribution in [0.3, 0.4) is 0 Å². The van der Waals surface area contributed by atoms with E-state index in [4.69, 9.17) is 0 Å². The van der Waals surface area contributed by atoms with Gasteiger partial charge in [0.25, 0.3) is 0 Å². The number of urea groups is 1. The molecule has 2 rings (SSSR count). The first-order valence-electron chi connectivity index (χ1n) is 7.07. The predicted molar refractivity (Wildman–Crippen MR) is 71.9 cm³/mol. The number of rotatable bonds is 3. The average Bonchev–Trinajstić information content (AvgIpc) is 2.84. The van der Waals surface area contributed by atoms with Gasteiger partial charge in [0.15, 0.2) is 0 Å². The second kappa shape index (κ2) is 4.69. The maximum absolute atomic E-state index is 12.0. The fourth-order valence-electron chi connectivity index (χ4n) is 3.04. The van der Waals surface area contributed by atoms with Gasteiger partial charge in [-0.05, 0) is 30.6 Å². The van der Waals surface area contributed by atoms with E-state index >= 15 is 0 Å². The van der Waals surface area contributed by atoms with Crippen molar-refractivity contribution in [3.05, 3.63) is 0 Å². The zero-order valence-electron chi connectivity index (χ0n) is 12.0. The van der Waals surface area contributed by atoms with E-state index in [1.54, 1.807) is 0 Å². The number of hydrogen-bond acceptors (Lipinski definition) is 2. The topological polar surface area (TPSA) is 78.4 Å². The quantitative estimate of drug-likeness (QED) is 0.733. The lowest BCUT2D eigenvalue weighted by Gasteiger charge is -2.37. The number of carboxylic acid groups (broad SMARTS) is 1. The molecule has 19 heavy (non-hydrogen) atoms. The van der Waals surface area contributed by atoms with Crippen LogP contribution in [-0.4, -0.2) is 28.7 Å². The lowest BCUT2D eigenvalue weighted by molar-refractivity contribution is -0.146. The number of hydrogen-bond donors (Lipinski definition) is 3. The molecule has 3 unspecified atom stereocenters. The molecule has 2 fully saturated rings. The van der Waals surface area contributed by atoms with Gasteiger partial charge in [-0.3, -0.25) is 0 Å². The van der Waals surface area contributed by atoms with Crippen LogP contribution < -0.4 is 10.6 Å². The normalized spacial score (nSPS) is 36.4. The summed E-state index contributed by atoms with van der Waals surface area (Å²) in [6.07, 6.45) is 3.88. The molecule has 2 aliphatic rings. The molecule has 0 heterocycles. The van der Waals surface area contributed by atoms with Crippen molar-refractivity contribution in [1.29, 1.82) is 0 Å². The highest BCUT2D eigenvalue weighted by Crippen LogP contribution is 2.44. The summed E-state index contributed by atoms with van der Waals surface area (Å²) in [7, 11) is 0. The number of amides is 2. The first-order chi connectivity index (χ1) is 8.75. The summed E-state index contributed by atoms with van der Waals surface area (Å²) in [6, 6.07) is -0.175. The van der Waals surface area contributed by atoms with Crippen molar-refractivity contribution in [3.8, 4) is 0 Å². The fraction of sp³-hybridized carbons (Fsp3) is 0.857. The smallest absolute Gasteiger partial charge is 0.329 e. The largest absolute Gasteiger partial charge is 0.480 e. The van der Waals surface area contributed by atoms with E-state index in [1.165, 1.54) is 0 Å². The van der Waals surface area contributed by atoms with Crippen LogP contribution in [0.5, 0.6) is 0 Å². The minimum atomic E-state index is -1.08. The highest BCUT2D eigenvalue weighted by molar-refractivity contribution is 5.86. The molecule has 0 bridgehead atoms. The van der Waals surface area contributed by atoms with Crippen LogP contribution in [0.1, 0.15) is 52.9 Å². The molecule has 0 aromatic heterocycles. The number of nitrogens with one attached hydrogen (secondary N) is 2. The van der Waals surface area contributed by atoms with E-state index < -0.39 is 11.5 Å². The predicted octanol–water partition coefficient (Wildman–Crippen LogP) is 2.12. The molecule has 5 heteroatoms. The molecule has 108 valence electrons. The molecule has 3 atom stereocenters. The van der Waals surface area contributed by atoms with E-state index in [0.717, 1.165) is 19.3 Å². The molecule has 0 radical (unpaired) electrons. The van der Waals surface area contributed by atoms with Gasteiger partial charge in [0.2, 0.25) is 0 Å². The van der Waals surface area contributed by atoms with Crippen molar-refractivity contribution >= 4 is 12.0 Å². The highest BCUT2D eigenvalue weighted by Gasteiger charge is 2.48. The summed E-state index contributed by atoms with van der Waals surface area (Å²) in [6.45, 7) is 6.22. The summed E-state index contributed by atoms with van der Waals surface area (Å²) in [5, 5.41) is 15.1. The maximum Gasteiger partial charge on any atom is 0.329 e. The van der Waals surface area contributed by atoms with Gasteiger partial charge < -0.3 is 15.7 Å². The van der Waals surface area contributed by atoms with Crippen LogP contribution >= 0.6 is 0 Å². The van der Waals surface area contributed by atoms with Gasteiger partial charge in [0.1, 0.15) is 5.54 Å². The summed E-state index contributed by atoms with van der Waals surface area (Å²) in [5.41, 5.74) is -0.936. The lowest BCUT2D eigenvalue weighted by Crippen LogP contribution is -2.59. The Morgan fingerprint density at radius 2 is 1.89 bits per heavy atom. The van der Waals surface area contributed by atoms with E-state index in [2.05, 4.69) is 24.5 Å². The van der Waals surface area contributed by atoms with Crippen molar-refractivity contribution in [3.63, 3.8) is 0 Å². The van der Waals surface area contributed by atoms with Crippen molar-refractivity contribution in [2.24, 2.45) is 11.3 Å². The Balaban J connectivity index is 1.97. The summed E-state index contributed by atoms with van der Waals surface area (Å²) < 4.78 is 0. The van der Waals surface area contributed by atoms with Crippen LogP contribution in [0.2, 0.25) is 0 Å². The van der Waals surface area contributed by atoms with Gasteiger partial charge in [0.05, 0.1) is 0 Å². The Bertz CT molecular complexity index is 394. The molecule has 0 saturated heterocycles. The molecular formula is C14H24N2O3. The lowest BCUT2D eigenvalue weighted by atomic mass is 9.76. The summed E-state index contributed by atoms with van der Waals surface area (Å²) >= 11 is 0. The molecule has 2 aliphatic carbocycles. The molecule has 0 spiro atoms. The Labute approximate surface area is 114 Å². The van der Waals surface area contributed by atoms with Gasteiger partial charge in [-0.25, -0.2) is 9.59 Å². The first-order valence-corrected chi connectivity index (χ1v) is 7.07. The second-order valence-electron chi connectivity index (χ2n) is 6.93. The van der Waals surface area contributed by atoms with Gasteiger partial charge in [0, 0.05) is 6.04 Å². The second-order valence-corrected chi connectivity index (χ2v) is 6.93. The summed E-state index contributed by atoms with van der Waals surface area (Å²) in [4.78, 5) is 23.5. The Hall–Kier alpha value is -1.26. The van der Waals surface area contributed by atoms with E-state index in [1.807, 2.05) is 6.92 Å². The molecule has 0 aliphatic heterocycles. The van der Waals surface area contributed by atoms with E-state index in [-0.39, 0.29) is 17.5 Å². The third-order valence-corrected chi connectivity index (χ3v) is 4.58. The molecule has 0 aromatic rings. The summed E-state index contributed by atoms with van der Waals surface area (Å²) in [5.74, 6) is -0.577. The monoisotopic (exact) mass is 268 g/mol. The first kappa shape index (κ1) is 14.2. The zero-order valence-corrected chi connectivity index (χ0v) is 12.0. The molecule has 2 saturated carbocycles. The van der Waals surface area contributed by atoms with Crippen molar-refractivity contribution in [2.75, 3.05) is 0 Å². The third kappa shape index (κ3) is 3.01. The molecular weight excluding hydrogens is 244 g/mol. The Morgan fingerprint density at radius 1 is 1.26 bits per heavy atom. The molecule has 3 N–H and O–H groups in total. The van der Waals surface area contributed by atoms with Crippen molar-refractivity contribution < 1.29 is 14.7 Å². The van der Waals surface area contributed by atoms with Crippen LogP contribution in [0.25, 0.3) is 0 Å². The number of aliphatic carboxylic acids is 1. The van der Waals surface area contributed by atoms with Crippen molar-refractivity contribution in [2.45, 2.75) is 64.5 Å². The van der Waals surface area contributed by atoms with Crippen molar-refractivity contribution in [1.82, 2.24) is 10.6 Å². The van der Waals surface area contributed by atoms with Gasteiger partial charge in [-0.1, -0.05) is 33.6 Å². The standard InChI is InChI=1S/C14H24N2O3/c1-9-5-4-6-14(7-9,11(17)18)16-12(19)15-10-8-13(10,2)3/h9-10H,4-8H2,1-3H3,(H,17,18)(H2,15,16,19). The number of carbonyl (C=O) groups is 2. The third-order valence-electron chi connectivity index (χ3n) is 4.58. The Kier molecular flexibility index (Phi) is 3.49. The molecule has 5 nitrogen and oxygen atoms in total. The highest BCUT2D eigenvalue weighted by atomic mass is 16.4. The Morgan fingerprint density at radius 3 is 2.37 bits per heavy atom. The van der Waals surface area contributed by atoms with E-state index in [9.17, 15) is 14.7 Å². The minimum absolute atomic E-state index is 0.146. The van der Waals surface area contributed by atoms with Crippen LogP contribution in [0.15, 0.2) is 0 Å². The van der Waals surface area contributed by atoms with Gasteiger partial charge >= 0.3 is 12.0 Å². The SMILES string of the molecule is CC1CCCC(NC(=O)NC2CC2(C)C)(C(=O)O)C1. The number of carboxylic acids is 1. The zero-order chi connectivity index (χ0) is 14.3. The minimum Gasteiger partial charge on any atom is -0.480 e. The average molecular weight is 268 g/mol. The van der Waals surface area contributed by atoms with Crippen LogP contribution in [0, 0.1) is 11.3 Å². The maximum atomic E-state index is 12.0. The van der Waals surface area contributed by atoms with E-state index in [0.29, 0.717) is 18.8 Å². The molecule has 0 aromatic carbocycles.